The van der Waals surface area contributed by atoms with E-state index in [0.29, 0.717) is 0 Å². The molecule has 0 radical (unpaired) electrons. The summed E-state index contributed by atoms with van der Waals surface area (Å²) in [7, 11) is 1.35. The average Bonchev–Trinajstić information content (AvgIpc) is 1.49. The number of carbonyl (C=O) groups is 1. The number of ketones is 1. The summed E-state index contributed by atoms with van der Waals surface area (Å²) in [6.45, 7) is 0. The Kier molecular flexibility index (Phi) is 3.95. The van der Waals surface area contributed by atoms with Gasteiger partial charge in [0.15, 0.2) is 5.78 Å². The molecule has 0 aromatic rings. The molecule has 0 aromatic heterocycles. The van der Waals surface area contributed by atoms with E-state index in [9.17, 15) is 21.6 Å². The van der Waals surface area contributed by atoms with Crippen LogP contribution in [0.4, 0.5) is 0 Å². The summed E-state index contributed by atoms with van der Waals surface area (Å²) in [6.07, 6.45) is 0. The smallest absolute Gasteiger partial charge is 0.239 e. The molecular weight excluding hydrogens is 251 g/mol. The maximum absolute atomic E-state index is 10.5. The summed E-state index contributed by atoms with van der Waals surface area (Å²) in [6, 6.07) is 0. The van der Waals surface area contributed by atoms with E-state index in [-0.39, 0.29) is 0 Å². The zero-order valence-corrected chi connectivity index (χ0v) is 8.67. The predicted octanol–water partition coefficient (Wildman–Crippen LogP) is -0.307. The van der Waals surface area contributed by atoms with Gasteiger partial charge in [-0.25, -0.2) is 16.8 Å². The normalized spacial score (nSPS) is 12.8. The van der Waals surface area contributed by atoms with Gasteiger partial charge in [-0.3, -0.25) is 4.79 Å². The quantitative estimate of drug-likeness (QED) is 0.643. The van der Waals surface area contributed by atoms with Crippen LogP contribution in [-0.4, -0.2) is 34.1 Å². The van der Waals surface area contributed by atoms with Crippen LogP contribution in [0, 0.1) is 0 Å². The van der Waals surface area contributed by atoms with Gasteiger partial charge < -0.3 is 0 Å². The summed E-state index contributed by atoms with van der Waals surface area (Å²) in [5, 5.41) is 0. The fourth-order valence-corrected chi connectivity index (χ4v) is 2.26. The van der Waals surface area contributed by atoms with Crippen molar-refractivity contribution in [2.45, 2.75) is 0 Å². The molecule has 0 saturated heterocycles. The second-order valence-electron chi connectivity index (χ2n) is 1.91. The molecule has 5 nitrogen and oxygen atoms in total. The van der Waals surface area contributed by atoms with Gasteiger partial charge in [-0.2, -0.15) is 0 Å². The van der Waals surface area contributed by atoms with Crippen molar-refractivity contribution >= 4 is 45.2 Å². The molecular formula is C3H4Cl2O5S2. The van der Waals surface area contributed by atoms with Gasteiger partial charge in [0.2, 0.25) is 18.1 Å². The highest BCUT2D eigenvalue weighted by molar-refractivity contribution is 8.15. The Morgan fingerprint density at radius 2 is 1.17 bits per heavy atom. The molecule has 0 aliphatic carbocycles. The van der Waals surface area contributed by atoms with Crippen LogP contribution >= 0.6 is 21.4 Å². The molecule has 0 atom stereocenters. The second-order valence-corrected chi connectivity index (χ2v) is 7.46. The summed E-state index contributed by atoms with van der Waals surface area (Å²) >= 11 is 0. The summed E-state index contributed by atoms with van der Waals surface area (Å²) in [4.78, 5) is 10.5. The molecule has 0 saturated carbocycles. The van der Waals surface area contributed by atoms with Crippen LogP contribution in [-0.2, 0) is 22.9 Å². The van der Waals surface area contributed by atoms with Gasteiger partial charge in [0.05, 0.1) is 0 Å². The van der Waals surface area contributed by atoms with Crippen LogP contribution in [0.5, 0.6) is 0 Å². The van der Waals surface area contributed by atoms with E-state index in [1.54, 1.807) is 0 Å². The van der Waals surface area contributed by atoms with Crippen molar-refractivity contribution in [2.75, 3.05) is 11.5 Å². The van der Waals surface area contributed by atoms with E-state index >= 15 is 0 Å². The fourth-order valence-electron chi connectivity index (χ4n) is 0.426. The van der Waals surface area contributed by atoms with Crippen molar-refractivity contribution < 1.29 is 21.6 Å². The monoisotopic (exact) mass is 254 g/mol. The minimum Gasteiger partial charge on any atom is -0.297 e. The van der Waals surface area contributed by atoms with Crippen LogP contribution < -0.4 is 0 Å². The first-order chi connectivity index (χ1) is 5.10. The minimum atomic E-state index is -4.00. The van der Waals surface area contributed by atoms with E-state index in [1.807, 2.05) is 0 Å². The van der Waals surface area contributed by atoms with Gasteiger partial charge in [-0.1, -0.05) is 0 Å². The van der Waals surface area contributed by atoms with Gasteiger partial charge in [0.25, 0.3) is 0 Å². The zero-order valence-electron chi connectivity index (χ0n) is 5.53. The lowest BCUT2D eigenvalue weighted by Gasteiger charge is -1.93. The summed E-state index contributed by atoms with van der Waals surface area (Å²) < 4.78 is 40.9. The number of hydrogen-bond acceptors (Lipinski definition) is 5. The minimum absolute atomic E-state index is 1.03. The Morgan fingerprint density at radius 1 is 0.917 bits per heavy atom. The van der Waals surface area contributed by atoms with E-state index < -0.39 is 35.4 Å². The van der Waals surface area contributed by atoms with Crippen LogP contribution in [0.3, 0.4) is 0 Å². The molecule has 0 aromatic carbocycles. The standard InChI is InChI=1S/C3H4Cl2O5S2/c4-11(7,8)1-3(6)2-12(5,9)10/h1-2H2. The first kappa shape index (κ1) is 12.2. The third-order valence-corrected chi connectivity index (χ3v) is 2.66. The second kappa shape index (κ2) is 3.91. The molecule has 0 unspecified atom stereocenters. The lowest BCUT2D eigenvalue weighted by Crippen LogP contribution is -2.18. The largest absolute Gasteiger partial charge is 0.297 e. The molecule has 0 aliphatic heterocycles. The Labute approximate surface area is 78.5 Å². The van der Waals surface area contributed by atoms with Gasteiger partial charge in [0.1, 0.15) is 11.5 Å². The molecule has 0 fully saturated rings. The van der Waals surface area contributed by atoms with Crippen LogP contribution in [0.2, 0.25) is 0 Å². The molecule has 0 rings (SSSR count). The van der Waals surface area contributed by atoms with Gasteiger partial charge in [-0.15, -0.1) is 0 Å². The molecule has 9 heteroatoms. The third kappa shape index (κ3) is 8.25. The molecule has 12 heavy (non-hydrogen) atoms. The van der Waals surface area contributed by atoms with Crippen molar-refractivity contribution in [1.29, 1.82) is 0 Å². The molecule has 0 bridgehead atoms. The van der Waals surface area contributed by atoms with Crippen molar-refractivity contribution in [3.05, 3.63) is 0 Å². The third-order valence-electron chi connectivity index (χ3n) is 0.667. The van der Waals surface area contributed by atoms with E-state index in [2.05, 4.69) is 21.4 Å². The van der Waals surface area contributed by atoms with E-state index in [4.69, 9.17) is 0 Å². The van der Waals surface area contributed by atoms with Crippen molar-refractivity contribution in [3.8, 4) is 0 Å². The van der Waals surface area contributed by atoms with Crippen LogP contribution in [0.1, 0.15) is 0 Å². The molecule has 0 aliphatic rings. The average molecular weight is 255 g/mol. The maximum Gasteiger partial charge on any atom is 0.239 e. The first-order valence-electron chi connectivity index (χ1n) is 2.46. The summed E-state index contributed by atoms with van der Waals surface area (Å²) in [5.41, 5.74) is 0. The lowest BCUT2D eigenvalue weighted by molar-refractivity contribution is -0.114. The fraction of sp³-hybridized carbons (Fsp3) is 0.667. The highest BCUT2D eigenvalue weighted by Crippen LogP contribution is 2.01. The molecule has 0 N–H and O–H groups in total. The number of Topliss-reactive ketones (excluding diaryl/α,β-unsaturated/α-hetero) is 1. The van der Waals surface area contributed by atoms with Crippen molar-refractivity contribution in [1.82, 2.24) is 0 Å². The number of rotatable bonds is 4. The topological polar surface area (TPSA) is 85.3 Å². The van der Waals surface area contributed by atoms with E-state index in [1.165, 1.54) is 0 Å². The molecule has 0 heterocycles. The molecule has 72 valence electrons. The van der Waals surface area contributed by atoms with Gasteiger partial charge >= 0.3 is 0 Å². The lowest BCUT2D eigenvalue weighted by atomic mass is 10.5. The SMILES string of the molecule is O=C(CS(=O)(=O)Cl)CS(=O)(=O)Cl. The molecule has 0 spiro atoms. The zero-order chi connectivity index (χ0) is 9.99. The highest BCUT2D eigenvalue weighted by Gasteiger charge is 2.18. The Hall–Kier alpha value is 0.150. The summed E-state index contributed by atoms with van der Waals surface area (Å²) in [5.74, 6) is -3.11. The Balaban J connectivity index is 4.30. The van der Waals surface area contributed by atoms with Crippen molar-refractivity contribution in [3.63, 3.8) is 0 Å². The van der Waals surface area contributed by atoms with Crippen molar-refractivity contribution in [2.24, 2.45) is 0 Å². The van der Waals surface area contributed by atoms with Gasteiger partial charge in [-0.05, 0) is 0 Å². The number of hydrogen-bond donors (Lipinski definition) is 0. The molecule has 0 amide bonds. The predicted molar refractivity (Wildman–Crippen MR) is 44.3 cm³/mol. The van der Waals surface area contributed by atoms with Crippen LogP contribution in [0.25, 0.3) is 0 Å². The van der Waals surface area contributed by atoms with E-state index in [0.717, 1.165) is 0 Å². The first-order valence-corrected chi connectivity index (χ1v) is 7.42. The number of halogens is 2. The highest BCUT2D eigenvalue weighted by atomic mass is 35.7. The Morgan fingerprint density at radius 3 is 1.33 bits per heavy atom. The maximum atomic E-state index is 10.5. The van der Waals surface area contributed by atoms with Crippen LogP contribution in [0.15, 0.2) is 0 Å². The number of carbonyl (C=O) groups excluding carboxylic acids is 1. The Bertz CT molecular complexity index is 329. The van der Waals surface area contributed by atoms with Gasteiger partial charge in [0, 0.05) is 21.4 Å².